The number of carbonyl (C=O) groups is 1. The Balaban J connectivity index is 2.02. The summed E-state index contributed by atoms with van der Waals surface area (Å²) >= 11 is 0. The van der Waals surface area contributed by atoms with E-state index in [4.69, 9.17) is 9.47 Å². The Kier molecular flexibility index (Phi) is 2.91. The van der Waals surface area contributed by atoms with Crippen LogP contribution >= 0.6 is 0 Å². The zero-order valence-corrected chi connectivity index (χ0v) is 12.9. The van der Waals surface area contributed by atoms with Crippen LogP contribution in [0.5, 0.6) is 0 Å². The number of rotatable bonds is 1. The molecule has 3 nitrogen and oxygen atoms in total. The van der Waals surface area contributed by atoms with Crippen LogP contribution in [0, 0.1) is 11.8 Å². The number of ether oxygens (including phenoxy) is 2. The third-order valence-corrected chi connectivity index (χ3v) is 5.49. The van der Waals surface area contributed by atoms with Crippen LogP contribution in [0.3, 0.4) is 0 Å². The fraction of sp³-hybridized carbons (Fsp3) is 0.706. The molecule has 1 saturated carbocycles. The second-order valence-electron chi connectivity index (χ2n) is 7.01. The van der Waals surface area contributed by atoms with Gasteiger partial charge in [-0.15, -0.1) is 0 Å². The molecule has 110 valence electrons. The number of hydrogen-bond donors (Lipinski definition) is 0. The van der Waals surface area contributed by atoms with Crippen LogP contribution in [0.2, 0.25) is 0 Å². The highest BCUT2D eigenvalue weighted by Crippen LogP contribution is 2.61. The predicted octanol–water partition coefficient (Wildman–Crippen LogP) is 3.40. The molecule has 0 aromatic carbocycles. The number of epoxide rings is 1. The van der Waals surface area contributed by atoms with Gasteiger partial charge in [-0.3, -0.25) is 4.79 Å². The summed E-state index contributed by atoms with van der Waals surface area (Å²) in [5.74, 6) is 0.418. The van der Waals surface area contributed by atoms with Gasteiger partial charge < -0.3 is 9.47 Å². The van der Waals surface area contributed by atoms with Gasteiger partial charge in [-0.25, -0.2) is 0 Å². The van der Waals surface area contributed by atoms with Crippen LogP contribution in [-0.2, 0) is 14.3 Å². The second kappa shape index (κ2) is 4.20. The van der Waals surface area contributed by atoms with E-state index >= 15 is 0 Å². The van der Waals surface area contributed by atoms with Crippen molar-refractivity contribution in [2.24, 2.45) is 11.8 Å². The SMILES string of the molecule is C=C1CCC2(OC2(C)C)[C@@H](OC(C)=O)[C@@H]2C(C)=CC[C@@H]12. The summed E-state index contributed by atoms with van der Waals surface area (Å²) in [5, 5.41) is 0. The molecule has 0 aromatic rings. The van der Waals surface area contributed by atoms with Crippen molar-refractivity contribution in [1.82, 2.24) is 0 Å². The van der Waals surface area contributed by atoms with E-state index in [1.807, 2.05) is 0 Å². The van der Waals surface area contributed by atoms with Gasteiger partial charge in [0.15, 0.2) is 0 Å². The van der Waals surface area contributed by atoms with Gasteiger partial charge in [0.25, 0.3) is 0 Å². The molecule has 1 aliphatic heterocycles. The Hall–Kier alpha value is -1.09. The van der Waals surface area contributed by atoms with Crippen LogP contribution in [-0.4, -0.2) is 23.3 Å². The molecule has 0 bridgehead atoms. The lowest BCUT2D eigenvalue weighted by Gasteiger charge is -2.32. The number of esters is 1. The van der Waals surface area contributed by atoms with Crippen LogP contribution in [0.4, 0.5) is 0 Å². The molecule has 2 aliphatic carbocycles. The highest BCUT2D eigenvalue weighted by atomic mass is 16.7. The second-order valence-corrected chi connectivity index (χ2v) is 7.01. The maximum atomic E-state index is 11.6. The molecular formula is C17H24O3. The van der Waals surface area contributed by atoms with Crippen molar-refractivity contribution in [1.29, 1.82) is 0 Å². The zero-order chi connectivity index (χ0) is 14.7. The minimum Gasteiger partial charge on any atom is -0.459 e. The first kappa shape index (κ1) is 13.9. The molecule has 3 aliphatic rings. The Bertz CT molecular complexity index is 502. The van der Waals surface area contributed by atoms with Crippen molar-refractivity contribution in [3.8, 4) is 0 Å². The van der Waals surface area contributed by atoms with E-state index in [1.54, 1.807) is 0 Å². The Morgan fingerprint density at radius 3 is 2.70 bits per heavy atom. The molecule has 1 heterocycles. The van der Waals surface area contributed by atoms with Crippen molar-refractivity contribution in [2.75, 3.05) is 0 Å². The molecule has 0 radical (unpaired) electrons. The lowest BCUT2D eigenvalue weighted by Crippen LogP contribution is -2.44. The average Bonchev–Trinajstić information content (AvgIpc) is 2.73. The van der Waals surface area contributed by atoms with E-state index in [0.29, 0.717) is 5.92 Å². The molecule has 2 fully saturated rings. The van der Waals surface area contributed by atoms with E-state index < -0.39 is 0 Å². The van der Waals surface area contributed by atoms with Gasteiger partial charge in [0.1, 0.15) is 11.7 Å². The molecule has 1 spiro atoms. The fourth-order valence-electron chi connectivity index (χ4n) is 4.28. The third kappa shape index (κ3) is 1.79. The molecule has 4 atom stereocenters. The van der Waals surface area contributed by atoms with Gasteiger partial charge in [0, 0.05) is 12.8 Å². The highest BCUT2D eigenvalue weighted by Gasteiger charge is 2.71. The van der Waals surface area contributed by atoms with Gasteiger partial charge >= 0.3 is 5.97 Å². The fourth-order valence-corrected chi connectivity index (χ4v) is 4.28. The van der Waals surface area contributed by atoms with Crippen molar-refractivity contribution < 1.29 is 14.3 Å². The lowest BCUT2D eigenvalue weighted by molar-refractivity contribution is -0.153. The van der Waals surface area contributed by atoms with Crippen LogP contribution in [0.25, 0.3) is 0 Å². The first-order valence-corrected chi connectivity index (χ1v) is 7.50. The minimum absolute atomic E-state index is 0.182. The van der Waals surface area contributed by atoms with Crippen LogP contribution in [0.15, 0.2) is 23.8 Å². The smallest absolute Gasteiger partial charge is 0.303 e. The van der Waals surface area contributed by atoms with Gasteiger partial charge in [0.2, 0.25) is 0 Å². The maximum absolute atomic E-state index is 11.6. The summed E-state index contributed by atoms with van der Waals surface area (Å²) in [6.07, 6.45) is 4.97. The monoisotopic (exact) mass is 276 g/mol. The Morgan fingerprint density at radius 1 is 1.50 bits per heavy atom. The van der Waals surface area contributed by atoms with Gasteiger partial charge in [-0.2, -0.15) is 0 Å². The number of hydrogen-bond acceptors (Lipinski definition) is 3. The molecule has 0 amide bonds. The molecule has 1 saturated heterocycles. The summed E-state index contributed by atoms with van der Waals surface area (Å²) < 4.78 is 11.9. The average molecular weight is 276 g/mol. The zero-order valence-electron chi connectivity index (χ0n) is 12.9. The highest BCUT2D eigenvalue weighted by molar-refractivity contribution is 5.66. The first-order valence-electron chi connectivity index (χ1n) is 7.50. The summed E-state index contributed by atoms with van der Waals surface area (Å²) in [5.41, 5.74) is 2.05. The summed E-state index contributed by atoms with van der Waals surface area (Å²) in [7, 11) is 0. The number of allylic oxidation sites excluding steroid dienone is 2. The number of carbonyl (C=O) groups excluding carboxylic acids is 1. The standard InChI is InChI=1S/C17H24O3/c1-10-8-9-17(16(4,5)20-17)15(19-12(3)18)14-11(2)6-7-13(10)14/h6,13-15H,1,7-9H2,2-5H3/t13-,14+,15-,17?/m0/s1. The van der Waals surface area contributed by atoms with Crippen LogP contribution in [0.1, 0.15) is 47.0 Å². The molecule has 20 heavy (non-hydrogen) atoms. The lowest BCUT2D eigenvalue weighted by atomic mass is 9.77. The quantitative estimate of drug-likeness (QED) is 0.418. The first-order chi connectivity index (χ1) is 9.28. The van der Waals surface area contributed by atoms with Gasteiger partial charge in [-0.05, 0) is 46.0 Å². The van der Waals surface area contributed by atoms with E-state index in [9.17, 15) is 4.79 Å². The summed E-state index contributed by atoms with van der Waals surface area (Å²) in [6, 6.07) is 0. The van der Waals surface area contributed by atoms with Gasteiger partial charge in [-0.1, -0.05) is 23.8 Å². The predicted molar refractivity (Wildman–Crippen MR) is 77.2 cm³/mol. The van der Waals surface area contributed by atoms with Crippen molar-refractivity contribution in [2.45, 2.75) is 64.3 Å². The van der Waals surface area contributed by atoms with E-state index in [0.717, 1.165) is 19.3 Å². The molecule has 0 aromatic heterocycles. The van der Waals surface area contributed by atoms with E-state index in [2.05, 4.69) is 33.4 Å². The Morgan fingerprint density at radius 2 is 2.15 bits per heavy atom. The topological polar surface area (TPSA) is 38.8 Å². The van der Waals surface area contributed by atoms with E-state index in [1.165, 1.54) is 18.1 Å². The normalized spacial score (nSPS) is 41.9. The molecule has 3 rings (SSSR count). The maximum Gasteiger partial charge on any atom is 0.303 e. The molecule has 1 unspecified atom stereocenters. The van der Waals surface area contributed by atoms with Crippen LogP contribution < -0.4 is 0 Å². The summed E-state index contributed by atoms with van der Waals surface area (Å²) in [6.45, 7) is 12.1. The summed E-state index contributed by atoms with van der Waals surface area (Å²) in [4.78, 5) is 11.6. The minimum atomic E-state index is -0.333. The van der Waals surface area contributed by atoms with Gasteiger partial charge in [0.05, 0.1) is 5.60 Å². The number of fused-ring (bicyclic) bond motifs is 1. The third-order valence-electron chi connectivity index (χ3n) is 5.49. The van der Waals surface area contributed by atoms with Crippen molar-refractivity contribution >= 4 is 5.97 Å². The molecule has 0 N–H and O–H groups in total. The Labute approximate surface area is 121 Å². The van der Waals surface area contributed by atoms with Crippen molar-refractivity contribution in [3.05, 3.63) is 23.8 Å². The van der Waals surface area contributed by atoms with Crippen molar-refractivity contribution in [3.63, 3.8) is 0 Å². The van der Waals surface area contributed by atoms with E-state index in [-0.39, 0.29) is 29.2 Å². The molecule has 3 heteroatoms. The largest absolute Gasteiger partial charge is 0.459 e. The molecular weight excluding hydrogens is 252 g/mol.